The minimum absolute atomic E-state index is 0.00172. The molecule has 8 nitrogen and oxygen atoms in total. The summed E-state index contributed by atoms with van der Waals surface area (Å²) in [5.41, 5.74) is 0. The van der Waals surface area contributed by atoms with E-state index in [0.717, 1.165) is 0 Å². The van der Waals surface area contributed by atoms with Gasteiger partial charge in [-0.05, 0) is 13.5 Å². The molecule has 2 heterocycles. The topological polar surface area (TPSA) is 109 Å². The number of likely N-dealkylation sites (N-methyl/N-ethyl adjacent to an activating group) is 1. The van der Waals surface area contributed by atoms with Gasteiger partial charge in [-0.3, -0.25) is 14.5 Å². The Labute approximate surface area is 128 Å². The third-order valence-corrected chi connectivity index (χ3v) is 3.74. The Balaban J connectivity index is 1.91. The lowest BCUT2D eigenvalue weighted by Gasteiger charge is -2.14. The zero-order valence-electron chi connectivity index (χ0n) is 13.1. The quantitative estimate of drug-likeness (QED) is 0.804. The lowest BCUT2D eigenvalue weighted by atomic mass is 10.1. The van der Waals surface area contributed by atoms with Crippen molar-refractivity contribution < 1.29 is 19.2 Å². The van der Waals surface area contributed by atoms with Crippen LogP contribution in [0.15, 0.2) is 4.52 Å². The van der Waals surface area contributed by atoms with E-state index in [2.05, 4.69) is 20.4 Å². The van der Waals surface area contributed by atoms with Crippen molar-refractivity contribution in [3.05, 3.63) is 11.7 Å². The van der Waals surface area contributed by atoms with Crippen LogP contribution in [0.2, 0.25) is 0 Å². The van der Waals surface area contributed by atoms with Crippen LogP contribution >= 0.6 is 0 Å². The zero-order valence-corrected chi connectivity index (χ0v) is 13.1. The van der Waals surface area contributed by atoms with Gasteiger partial charge in [0.1, 0.15) is 0 Å². The van der Waals surface area contributed by atoms with Crippen LogP contribution in [0.4, 0.5) is 0 Å². The van der Waals surface area contributed by atoms with Crippen LogP contribution in [0.3, 0.4) is 0 Å². The highest BCUT2D eigenvalue weighted by molar-refractivity contribution is 5.80. The van der Waals surface area contributed by atoms with Crippen molar-refractivity contribution in [1.29, 1.82) is 0 Å². The Morgan fingerprint density at radius 1 is 1.45 bits per heavy atom. The molecule has 1 aromatic rings. The number of carbonyl (C=O) groups is 2. The summed E-state index contributed by atoms with van der Waals surface area (Å²) in [6, 6.07) is -0.0598. The minimum atomic E-state index is -0.969. The van der Waals surface area contributed by atoms with Gasteiger partial charge < -0.3 is 14.9 Å². The molecule has 122 valence electrons. The van der Waals surface area contributed by atoms with Gasteiger partial charge in [-0.15, -0.1) is 0 Å². The number of hydrogen-bond donors (Lipinski definition) is 2. The highest BCUT2D eigenvalue weighted by Gasteiger charge is 2.35. The molecule has 2 rings (SSSR count). The fourth-order valence-electron chi connectivity index (χ4n) is 2.53. The third kappa shape index (κ3) is 4.03. The second-order valence-corrected chi connectivity index (χ2v) is 5.99. The smallest absolute Gasteiger partial charge is 0.303 e. The van der Waals surface area contributed by atoms with Gasteiger partial charge in [-0.1, -0.05) is 19.0 Å². The number of nitrogens with one attached hydrogen (secondary N) is 1. The lowest BCUT2D eigenvalue weighted by Crippen LogP contribution is -2.36. The maximum atomic E-state index is 11.7. The van der Waals surface area contributed by atoms with E-state index < -0.39 is 5.97 Å². The highest BCUT2D eigenvalue weighted by atomic mass is 16.5. The van der Waals surface area contributed by atoms with Gasteiger partial charge in [0.15, 0.2) is 5.82 Å². The molecular formula is C14H22N4O4. The van der Waals surface area contributed by atoms with Crippen LogP contribution in [0.5, 0.6) is 0 Å². The molecule has 1 fully saturated rings. The van der Waals surface area contributed by atoms with Gasteiger partial charge in [-0.2, -0.15) is 4.98 Å². The van der Waals surface area contributed by atoms with E-state index in [9.17, 15) is 9.59 Å². The molecule has 1 aliphatic heterocycles. The fraction of sp³-hybridized carbons (Fsp3) is 0.714. The van der Waals surface area contributed by atoms with Gasteiger partial charge in [-0.25, -0.2) is 0 Å². The first-order valence-electron chi connectivity index (χ1n) is 7.41. The predicted octanol–water partition coefficient (Wildman–Crippen LogP) is 0.919. The molecular weight excluding hydrogens is 288 g/mol. The molecule has 0 aromatic carbocycles. The van der Waals surface area contributed by atoms with Crippen molar-refractivity contribution in [1.82, 2.24) is 20.4 Å². The molecule has 1 aromatic heterocycles. The summed E-state index contributed by atoms with van der Waals surface area (Å²) >= 11 is 0. The number of aliphatic carboxylic acids is 1. The number of carboxylic acid groups (broad SMARTS) is 1. The van der Waals surface area contributed by atoms with Gasteiger partial charge >= 0.3 is 5.97 Å². The number of carbonyl (C=O) groups excluding carboxylic acids is 1. The molecule has 1 aliphatic rings. The molecule has 1 amide bonds. The molecule has 2 atom stereocenters. The number of amides is 1. The molecule has 2 unspecified atom stereocenters. The maximum Gasteiger partial charge on any atom is 0.303 e. The molecule has 0 spiro atoms. The maximum absolute atomic E-state index is 11.7. The Hall–Kier alpha value is -1.96. The summed E-state index contributed by atoms with van der Waals surface area (Å²) in [6.45, 7) is 4.67. The predicted molar refractivity (Wildman–Crippen MR) is 77.2 cm³/mol. The summed E-state index contributed by atoms with van der Waals surface area (Å²) in [7, 11) is 1.94. The summed E-state index contributed by atoms with van der Waals surface area (Å²) in [6.07, 6.45) is 0.520. The van der Waals surface area contributed by atoms with Crippen molar-refractivity contribution in [2.24, 2.45) is 0 Å². The van der Waals surface area contributed by atoms with Crippen LogP contribution in [0, 0.1) is 0 Å². The number of rotatable bonds is 6. The zero-order chi connectivity index (χ0) is 16.3. The minimum Gasteiger partial charge on any atom is -0.481 e. The van der Waals surface area contributed by atoms with Gasteiger partial charge in [0, 0.05) is 24.9 Å². The SMILES string of the molecule is CC(C)c1noc(C2CC(NC(=O)CCC(=O)O)CN2C)n1. The summed E-state index contributed by atoms with van der Waals surface area (Å²) < 4.78 is 5.32. The van der Waals surface area contributed by atoms with E-state index in [1.54, 1.807) is 0 Å². The van der Waals surface area contributed by atoms with Crippen LogP contribution in [0.1, 0.15) is 56.8 Å². The summed E-state index contributed by atoms with van der Waals surface area (Å²) in [5.74, 6) is 0.236. The lowest BCUT2D eigenvalue weighted by molar-refractivity contribution is -0.138. The van der Waals surface area contributed by atoms with Gasteiger partial charge in [0.25, 0.3) is 0 Å². The molecule has 0 aliphatic carbocycles. The molecule has 22 heavy (non-hydrogen) atoms. The van der Waals surface area contributed by atoms with Gasteiger partial charge in [0.2, 0.25) is 11.8 Å². The molecule has 0 saturated carbocycles. The molecule has 8 heteroatoms. The van der Waals surface area contributed by atoms with Crippen molar-refractivity contribution >= 4 is 11.9 Å². The molecule has 0 bridgehead atoms. The monoisotopic (exact) mass is 310 g/mol. The fourth-order valence-corrected chi connectivity index (χ4v) is 2.53. The second kappa shape index (κ2) is 6.87. The van der Waals surface area contributed by atoms with E-state index in [1.807, 2.05) is 20.9 Å². The van der Waals surface area contributed by atoms with E-state index in [1.165, 1.54) is 0 Å². The number of aromatic nitrogens is 2. The number of likely N-dealkylation sites (tertiary alicyclic amines) is 1. The van der Waals surface area contributed by atoms with Crippen LogP contribution in [-0.2, 0) is 9.59 Å². The van der Waals surface area contributed by atoms with Crippen LogP contribution < -0.4 is 5.32 Å². The average Bonchev–Trinajstić information content (AvgIpc) is 3.03. The Kier molecular flexibility index (Phi) is 5.12. The Morgan fingerprint density at radius 2 is 2.18 bits per heavy atom. The van der Waals surface area contributed by atoms with Crippen molar-refractivity contribution in [3.8, 4) is 0 Å². The van der Waals surface area contributed by atoms with Crippen LogP contribution in [-0.4, -0.2) is 51.7 Å². The Bertz CT molecular complexity index is 543. The number of nitrogens with zero attached hydrogens (tertiary/aromatic N) is 3. The number of carboxylic acids is 1. The Morgan fingerprint density at radius 3 is 2.77 bits per heavy atom. The summed E-state index contributed by atoms with van der Waals surface area (Å²) in [5, 5.41) is 15.4. The van der Waals surface area contributed by atoms with Gasteiger partial charge in [0.05, 0.1) is 12.5 Å². The van der Waals surface area contributed by atoms with Crippen molar-refractivity contribution in [3.63, 3.8) is 0 Å². The van der Waals surface area contributed by atoms with Crippen molar-refractivity contribution in [2.45, 2.75) is 51.1 Å². The van der Waals surface area contributed by atoms with E-state index >= 15 is 0 Å². The molecule has 0 radical (unpaired) electrons. The standard InChI is InChI=1S/C14H22N4O4/c1-8(2)13-16-14(22-17-13)10-6-9(7-18(10)3)15-11(19)4-5-12(20)21/h8-10H,4-7H2,1-3H3,(H,15,19)(H,20,21). The molecule has 2 N–H and O–H groups in total. The first-order chi connectivity index (χ1) is 10.4. The normalized spacial score (nSPS) is 22.2. The second-order valence-electron chi connectivity index (χ2n) is 5.99. The van der Waals surface area contributed by atoms with E-state index in [0.29, 0.717) is 24.7 Å². The van der Waals surface area contributed by atoms with E-state index in [-0.39, 0.29) is 36.8 Å². The first-order valence-corrected chi connectivity index (χ1v) is 7.41. The van der Waals surface area contributed by atoms with Crippen molar-refractivity contribution in [2.75, 3.05) is 13.6 Å². The highest BCUT2D eigenvalue weighted by Crippen LogP contribution is 2.30. The number of hydrogen-bond acceptors (Lipinski definition) is 6. The summed E-state index contributed by atoms with van der Waals surface area (Å²) in [4.78, 5) is 28.6. The molecule has 1 saturated heterocycles. The third-order valence-electron chi connectivity index (χ3n) is 3.74. The van der Waals surface area contributed by atoms with E-state index in [4.69, 9.17) is 9.63 Å². The largest absolute Gasteiger partial charge is 0.481 e. The average molecular weight is 310 g/mol. The van der Waals surface area contributed by atoms with Crippen LogP contribution in [0.25, 0.3) is 0 Å². The first kappa shape index (κ1) is 16.4.